The highest BCUT2D eigenvalue weighted by molar-refractivity contribution is 7.92. The highest BCUT2D eigenvalue weighted by atomic mass is 35.5. The number of sulfonamides is 1. The summed E-state index contributed by atoms with van der Waals surface area (Å²) in [6.07, 6.45) is 3.27. The van der Waals surface area contributed by atoms with E-state index in [4.69, 9.17) is 16.3 Å². The fourth-order valence-electron chi connectivity index (χ4n) is 4.37. The smallest absolute Gasteiger partial charge is 0.265 e. The van der Waals surface area contributed by atoms with Gasteiger partial charge in [-0.25, -0.2) is 12.8 Å². The molecule has 2 aromatic rings. The van der Waals surface area contributed by atoms with E-state index in [1.807, 2.05) is 0 Å². The second kappa shape index (κ2) is 8.71. The zero-order chi connectivity index (χ0) is 23.0. The summed E-state index contributed by atoms with van der Waals surface area (Å²) in [5.41, 5.74) is 0.557. The second-order valence-corrected chi connectivity index (χ2v) is 10.0. The predicted molar refractivity (Wildman–Crippen MR) is 116 cm³/mol. The number of carbonyl (C=O) groups excluding carboxylic acids is 2. The van der Waals surface area contributed by atoms with Gasteiger partial charge in [0.15, 0.2) is 0 Å². The number of imide groups is 1. The number of nitrogens with zero attached hydrogens (tertiary/aromatic N) is 1. The second-order valence-electron chi connectivity index (χ2n) is 7.98. The highest BCUT2D eigenvalue weighted by Gasteiger charge is 2.47. The molecular formula is C22H22ClFN2O5S. The number of carbonyl (C=O) groups is 2. The molecule has 170 valence electrons. The predicted octanol–water partition coefficient (Wildman–Crippen LogP) is 3.96. The maximum atomic E-state index is 13.4. The van der Waals surface area contributed by atoms with Crippen LogP contribution in [0.5, 0.6) is 5.75 Å². The zero-order valence-corrected chi connectivity index (χ0v) is 18.9. The van der Waals surface area contributed by atoms with Crippen molar-refractivity contribution in [3.63, 3.8) is 0 Å². The number of anilines is 1. The molecule has 7 nitrogen and oxygen atoms in total. The zero-order valence-electron chi connectivity index (χ0n) is 17.3. The van der Waals surface area contributed by atoms with Crippen LogP contribution in [0.3, 0.4) is 0 Å². The van der Waals surface area contributed by atoms with Crippen LogP contribution in [-0.4, -0.2) is 32.2 Å². The summed E-state index contributed by atoms with van der Waals surface area (Å²) < 4.78 is 47.0. The average molecular weight is 481 g/mol. The Balaban J connectivity index is 1.62. The van der Waals surface area contributed by atoms with Gasteiger partial charge in [-0.3, -0.25) is 19.2 Å². The van der Waals surface area contributed by atoms with E-state index in [0.29, 0.717) is 18.4 Å². The number of hydrogen-bond donors (Lipinski definition) is 1. The molecule has 0 aromatic heterocycles. The van der Waals surface area contributed by atoms with Gasteiger partial charge in [-0.05, 0) is 48.7 Å². The van der Waals surface area contributed by atoms with Crippen molar-refractivity contribution in [2.45, 2.75) is 37.1 Å². The molecule has 2 unspecified atom stereocenters. The van der Waals surface area contributed by atoms with Crippen LogP contribution in [-0.2, 0) is 26.2 Å². The SMILES string of the molecule is COc1ccc(CN2C(=O)C3CCCCC3C2=O)cc1S(=O)(=O)Nc1ccc(F)c(Cl)c1. The van der Waals surface area contributed by atoms with Crippen molar-refractivity contribution in [1.29, 1.82) is 0 Å². The standard InChI is InChI=1S/C22H22ClFN2O5S/c1-31-19-9-6-13(12-26-21(27)15-4-2-3-5-16(15)22(26)28)10-20(19)32(29,30)25-14-7-8-18(24)17(23)11-14/h6-11,15-16,25H,2-5,12H2,1H3. The Kier molecular flexibility index (Phi) is 6.13. The Hall–Kier alpha value is -2.65. The topological polar surface area (TPSA) is 92.8 Å². The highest BCUT2D eigenvalue weighted by Crippen LogP contribution is 2.39. The first-order valence-electron chi connectivity index (χ1n) is 10.2. The lowest BCUT2D eigenvalue weighted by molar-refractivity contribution is -0.140. The molecule has 2 atom stereocenters. The molecule has 2 amide bonds. The van der Waals surface area contributed by atoms with Crippen molar-refractivity contribution in [3.05, 3.63) is 52.8 Å². The van der Waals surface area contributed by atoms with Gasteiger partial charge in [0.2, 0.25) is 11.8 Å². The molecule has 1 N–H and O–H groups in total. The first-order chi connectivity index (χ1) is 15.2. The minimum absolute atomic E-state index is 0.0143. The molecule has 32 heavy (non-hydrogen) atoms. The summed E-state index contributed by atoms with van der Waals surface area (Å²) >= 11 is 5.74. The van der Waals surface area contributed by atoms with E-state index in [0.717, 1.165) is 25.0 Å². The maximum absolute atomic E-state index is 13.4. The van der Waals surface area contributed by atoms with E-state index in [2.05, 4.69) is 4.72 Å². The summed E-state index contributed by atoms with van der Waals surface area (Å²) in [5.74, 6) is -1.53. The van der Waals surface area contributed by atoms with Crippen LogP contribution in [0.4, 0.5) is 10.1 Å². The van der Waals surface area contributed by atoms with Gasteiger partial charge in [0, 0.05) is 0 Å². The molecule has 1 saturated heterocycles. The van der Waals surface area contributed by atoms with Crippen LogP contribution in [0, 0.1) is 17.7 Å². The van der Waals surface area contributed by atoms with Gasteiger partial charge in [0.05, 0.1) is 36.2 Å². The number of amides is 2. The van der Waals surface area contributed by atoms with E-state index in [1.54, 1.807) is 6.07 Å². The molecule has 0 radical (unpaired) electrons. The number of ether oxygens (including phenoxy) is 1. The monoisotopic (exact) mass is 480 g/mol. The van der Waals surface area contributed by atoms with E-state index in [-0.39, 0.29) is 51.5 Å². The Bertz CT molecular complexity index is 1160. The first-order valence-corrected chi connectivity index (χ1v) is 12.1. The molecule has 2 aliphatic rings. The summed E-state index contributed by atoms with van der Waals surface area (Å²) in [6, 6.07) is 7.92. The van der Waals surface area contributed by atoms with E-state index >= 15 is 0 Å². The van der Waals surface area contributed by atoms with Crippen molar-refractivity contribution < 1.29 is 27.1 Å². The third-order valence-corrected chi connectivity index (χ3v) is 7.65. The lowest BCUT2D eigenvalue weighted by Crippen LogP contribution is -2.30. The Morgan fingerprint density at radius 1 is 1.09 bits per heavy atom. The molecule has 0 spiro atoms. The average Bonchev–Trinajstić information content (AvgIpc) is 3.01. The minimum atomic E-state index is -4.13. The summed E-state index contributed by atoms with van der Waals surface area (Å²) in [4.78, 5) is 26.6. The largest absolute Gasteiger partial charge is 0.495 e. The van der Waals surface area contributed by atoms with Gasteiger partial charge in [0.25, 0.3) is 10.0 Å². The molecule has 0 bridgehead atoms. The fraction of sp³-hybridized carbons (Fsp3) is 0.364. The number of hydrogen-bond acceptors (Lipinski definition) is 5. The van der Waals surface area contributed by atoms with Crippen LogP contribution in [0.2, 0.25) is 5.02 Å². The van der Waals surface area contributed by atoms with Crippen molar-refractivity contribution in [2.75, 3.05) is 11.8 Å². The van der Waals surface area contributed by atoms with Gasteiger partial charge in [-0.2, -0.15) is 0 Å². The number of benzene rings is 2. The molecule has 1 saturated carbocycles. The number of methoxy groups -OCH3 is 1. The number of rotatable bonds is 6. The molecular weight excluding hydrogens is 459 g/mol. The Morgan fingerprint density at radius 3 is 2.34 bits per heavy atom. The molecule has 2 fully saturated rings. The van der Waals surface area contributed by atoms with Crippen LogP contribution >= 0.6 is 11.6 Å². The number of nitrogens with one attached hydrogen (secondary N) is 1. The first kappa shape index (κ1) is 22.5. The van der Waals surface area contributed by atoms with Gasteiger partial charge in [-0.15, -0.1) is 0 Å². The lowest BCUT2D eigenvalue weighted by Gasteiger charge is -2.19. The summed E-state index contributed by atoms with van der Waals surface area (Å²) in [5, 5.41) is -0.224. The molecule has 1 heterocycles. The van der Waals surface area contributed by atoms with Gasteiger partial charge < -0.3 is 4.74 Å². The molecule has 1 aliphatic heterocycles. The fourth-order valence-corrected chi connectivity index (χ4v) is 5.82. The van der Waals surface area contributed by atoms with Crippen molar-refractivity contribution in [1.82, 2.24) is 4.90 Å². The quantitative estimate of drug-likeness (QED) is 0.632. The molecule has 2 aromatic carbocycles. The lowest BCUT2D eigenvalue weighted by atomic mass is 9.81. The number of halogens is 2. The normalized spacial score (nSPS) is 20.9. The third kappa shape index (κ3) is 4.19. The van der Waals surface area contributed by atoms with Gasteiger partial charge >= 0.3 is 0 Å². The van der Waals surface area contributed by atoms with E-state index in [1.165, 1.54) is 30.2 Å². The van der Waals surface area contributed by atoms with Crippen LogP contribution < -0.4 is 9.46 Å². The van der Waals surface area contributed by atoms with Crippen molar-refractivity contribution in [3.8, 4) is 5.75 Å². The molecule has 1 aliphatic carbocycles. The van der Waals surface area contributed by atoms with Crippen LogP contribution in [0.15, 0.2) is 41.3 Å². The van der Waals surface area contributed by atoms with E-state index < -0.39 is 15.8 Å². The summed E-state index contributed by atoms with van der Waals surface area (Å²) in [7, 11) is -2.80. The van der Waals surface area contributed by atoms with Crippen molar-refractivity contribution in [2.24, 2.45) is 11.8 Å². The maximum Gasteiger partial charge on any atom is 0.265 e. The number of fused-ring (bicyclic) bond motifs is 1. The molecule has 10 heteroatoms. The number of likely N-dealkylation sites (tertiary alicyclic amines) is 1. The summed E-state index contributed by atoms with van der Waals surface area (Å²) in [6.45, 7) is -0.0143. The third-order valence-electron chi connectivity index (χ3n) is 5.96. The Labute approximate surface area is 190 Å². The van der Waals surface area contributed by atoms with Gasteiger partial charge in [-0.1, -0.05) is 30.5 Å². The van der Waals surface area contributed by atoms with Crippen LogP contribution in [0.25, 0.3) is 0 Å². The molecule has 4 rings (SSSR count). The Morgan fingerprint density at radius 2 is 1.75 bits per heavy atom. The minimum Gasteiger partial charge on any atom is -0.495 e. The van der Waals surface area contributed by atoms with Crippen molar-refractivity contribution >= 4 is 39.1 Å². The van der Waals surface area contributed by atoms with E-state index in [9.17, 15) is 22.4 Å². The van der Waals surface area contributed by atoms with Gasteiger partial charge in [0.1, 0.15) is 16.5 Å². The van der Waals surface area contributed by atoms with Crippen LogP contribution in [0.1, 0.15) is 31.2 Å².